The minimum atomic E-state index is -0.648. The van der Waals surface area contributed by atoms with Crippen molar-refractivity contribution in [3.63, 3.8) is 0 Å². The van der Waals surface area contributed by atoms with Crippen LogP contribution in [-0.4, -0.2) is 70.6 Å². The van der Waals surface area contributed by atoms with E-state index in [1.165, 1.54) is 29.1 Å². The Hall–Kier alpha value is -1.47. The number of morpholine rings is 1. The van der Waals surface area contributed by atoms with Crippen molar-refractivity contribution in [2.45, 2.75) is 57.1 Å². The first-order valence-corrected chi connectivity index (χ1v) is 9.99. The van der Waals surface area contributed by atoms with Crippen LogP contribution in [0.5, 0.6) is 0 Å². The molecule has 142 valence electrons. The Morgan fingerprint density at radius 3 is 2.19 bits per heavy atom. The van der Waals surface area contributed by atoms with Crippen molar-refractivity contribution >= 4 is 17.8 Å². The molecule has 4 bridgehead atoms. The molecule has 4 aliphatic carbocycles. The zero-order chi connectivity index (χ0) is 18.1. The number of imide groups is 2. The van der Waals surface area contributed by atoms with Crippen LogP contribution in [0.1, 0.15) is 45.4 Å². The van der Waals surface area contributed by atoms with Gasteiger partial charge in [0.2, 0.25) is 0 Å². The predicted molar refractivity (Wildman–Crippen MR) is 91.8 cm³/mol. The summed E-state index contributed by atoms with van der Waals surface area (Å²) in [4.78, 5) is 43.2. The van der Waals surface area contributed by atoms with Gasteiger partial charge in [0.05, 0.1) is 24.9 Å². The topological polar surface area (TPSA) is 70.2 Å². The largest absolute Gasteiger partial charge is 0.376 e. The minimum Gasteiger partial charge on any atom is -0.376 e. The van der Waals surface area contributed by atoms with E-state index in [2.05, 4.69) is 0 Å². The van der Waals surface area contributed by atoms with Gasteiger partial charge in [-0.3, -0.25) is 14.5 Å². The number of urea groups is 1. The summed E-state index contributed by atoms with van der Waals surface area (Å²) >= 11 is 0. The first-order valence-electron chi connectivity index (χ1n) is 9.99. The molecule has 0 aromatic heterocycles. The SMILES string of the molecule is CC1CN(CN2C(=O)C(=O)N(C34CC5CC(CC(C5)C3)C4)C2=O)CCO1. The van der Waals surface area contributed by atoms with E-state index in [0.717, 1.165) is 19.3 Å². The molecular formula is C19H27N3O4. The Balaban J connectivity index is 1.38. The van der Waals surface area contributed by atoms with Crippen molar-refractivity contribution in [2.24, 2.45) is 17.8 Å². The van der Waals surface area contributed by atoms with Crippen LogP contribution in [0.25, 0.3) is 0 Å². The Bertz CT molecular complexity index is 628. The highest BCUT2D eigenvalue weighted by molar-refractivity contribution is 6.44. The molecule has 2 saturated heterocycles. The summed E-state index contributed by atoms with van der Waals surface area (Å²) in [5.41, 5.74) is -0.397. The summed E-state index contributed by atoms with van der Waals surface area (Å²) < 4.78 is 5.53. The molecule has 0 aromatic carbocycles. The zero-order valence-corrected chi connectivity index (χ0v) is 15.4. The summed E-state index contributed by atoms with van der Waals surface area (Å²) in [6.07, 6.45) is 6.47. The average molecular weight is 361 g/mol. The Morgan fingerprint density at radius 2 is 1.62 bits per heavy atom. The Labute approximate surface area is 153 Å². The van der Waals surface area contributed by atoms with Gasteiger partial charge in [0.25, 0.3) is 0 Å². The summed E-state index contributed by atoms with van der Waals surface area (Å²) in [5, 5.41) is 0. The third kappa shape index (κ3) is 2.43. The van der Waals surface area contributed by atoms with Gasteiger partial charge in [-0.15, -0.1) is 0 Å². The molecule has 2 aliphatic heterocycles. The van der Waals surface area contributed by atoms with Gasteiger partial charge in [-0.05, 0) is 63.2 Å². The van der Waals surface area contributed by atoms with Gasteiger partial charge in [-0.25, -0.2) is 14.6 Å². The Kier molecular flexibility index (Phi) is 3.70. The van der Waals surface area contributed by atoms with Crippen LogP contribution in [-0.2, 0) is 14.3 Å². The summed E-state index contributed by atoms with van der Waals surface area (Å²) in [5.74, 6) is 0.603. The fourth-order valence-electron chi connectivity index (χ4n) is 6.61. The second-order valence-corrected chi connectivity index (χ2v) is 9.20. The van der Waals surface area contributed by atoms with E-state index in [1.54, 1.807) is 0 Å². The number of ether oxygens (including phenoxy) is 1. The average Bonchev–Trinajstić information content (AvgIpc) is 2.78. The molecule has 6 rings (SSSR count). The third-order valence-electron chi connectivity index (χ3n) is 7.20. The van der Waals surface area contributed by atoms with Gasteiger partial charge in [0, 0.05) is 13.1 Å². The lowest BCUT2D eigenvalue weighted by Gasteiger charge is -2.58. The number of nitrogens with zero attached hydrogens (tertiary/aromatic N) is 3. The number of hydrogen-bond acceptors (Lipinski definition) is 5. The van der Waals surface area contributed by atoms with Crippen molar-refractivity contribution in [3.8, 4) is 0 Å². The molecule has 6 aliphatic rings. The maximum Gasteiger partial charge on any atom is 0.335 e. The quantitative estimate of drug-likeness (QED) is 0.562. The van der Waals surface area contributed by atoms with E-state index >= 15 is 0 Å². The number of carbonyl (C=O) groups is 3. The van der Waals surface area contributed by atoms with Crippen LogP contribution in [0.3, 0.4) is 0 Å². The molecule has 1 atom stereocenters. The summed E-state index contributed by atoms with van der Waals surface area (Å²) in [7, 11) is 0. The number of hydrogen-bond donors (Lipinski definition) is 0. The standard InChI is InChI=1S/C19H27N3O4/c1-12-10-20(2-3-26-12)11-21-16(23)17(24)22(18(21)25)19-7-13-4-14(8-19)6-15(5-13)9-19/h12-15H,2-11H2,1H3. The maximum absolute atomic E-state index is 13.1. The molecule has 4 amide bonds. The van der Waals surface area contributed by atoms with Gasteiger partial charge in [-0.1, -0.05) is 0 Å². The molecule has 4 saturated carbocycles. The van der Waals surface area contributed by atoms with Crippen molar-refractivity contribution in [2.75, 3.05) is 26.4 Å². The van der Waals surface area contributed by atoms with Crippen molar-refractivity contribution in [3.05, 3.63) is 0 Å². The van der Waals surface area contributed by atoms with Crippen LogP contribution < -0.4 is 0 Å². The van der Waals surface area contributed by atoms with E-state index in [1.807, 2.05) is 11.8 Å². The molecule has 26 heavy (non-hydrogen) atoms. The molecule has 6 fully saturated rings. The highest BCUT2D eigenvalue weighted by Gasteiger charge is 2.61. The fourth-order valence-corrected chi connectivity index (χ4v) is 6.61. The monoisotopic (exact) mass is 361 g/mol. The number of rotatable bonds is 3. The first-order chi connectivity index (χ1) is 12.4. The van der Waals surface area contributed by atoms with E-state index < -0.39 is 17.4 Å². The zero-order valence-electron chi connectivity index (χ0n) is 15.4. The van der Waals surface area contributed by atoms with Crippen molar-refractivity contribution < 1.29 is 19.1 Å². The van der Waals surface area contributed by atoms with Crippen molar-refractivity contribution in [1.82, 2.24) is 14.7 Å². The normalized spacial score (nSPS) is 43.0. The molecule has 0 N–H and O–H groups in total. The van der Waals surface area contributed by atoms with Gasteiger partial charge in [-0.2, -0.15) is 0 Å². The van der Waals surface area contributed by atoms with Gasteiger partial charge in [0.15, 0.2) is 0 Å². The van der Waals surface area contributed by atoms with Crippen LogP contribution in [0.2, 0.25) is 0 Å². The molecule has 7 nitrogen and oxygen atoms in total. The predicted octanol–water partition coefficient (Wildman–Crippen LogP) is 1.42. The second kappa shape index (κ2) is 5.76. The molecule has 2 heterocycles. The Morgan fingerprint density at radius 1 is 1.00 bits per heavy atom. The lowest BCUT2D eigenvalue weighted by molar-refractivity contribution is -0.150. The highest BCUT2D eigenvalue weighted by Crippen LogP contribution is 2.58. The first kappa shape index (κ1) is 16.7. The van der Waals surface area contributed by atoms with E-state index in [0.29, 0.717) is 37.5 Å². The lowest BCUT2D eigenvalue weighted by atomic mass is 9.52. The van der Waals surface area contributed by atoms with Gasteiger partial charge < -0.3 is 4.74 Å². The third-order valence-corrected chi connectivity index (χ3v) is 7.20. The van der Waals surface area contributed by atoms with Crippen LogP contribution >= 0.6 is 0 Å². The molecule has 0 aromatic rings. The summed E-state index contributed by atoms with van der Waals surface area (Å²) in [6, 6.07) is -0.388. The lowest BCUT2D eigenvalue weighted by Crippen LogP contribution is -2.62. The van der Waals surface area contributed by atoms with Crippen LogP contribution in [0.4, 0.5) is 4.79 Å². The molecule has 0 spiro atoms. The van der Waals surface area contributed by atoms with Gasteiger partial charge in [0.1, 0.15) is 0 Å². The van der Waals surface area contributed by atoms with Crippen LogP contribution in [0, 0.1) is 17.8 Å². The van der Waals surface area contributed by atoms with E-state index in [4.69, 9.17) is 4.74 Å². The van der Waals surface area contributed by atoms with E-state index in [9.17, 15) is 14.4 Å². The summed E-state index contributed by atoms with van der Waals surface area (Å²) in [6.45, 7) is 4.10. The van der Waals surface area contributed by atoms with Crippen molar-refractivity contribution in [1.29, 1.82) is 0 Å². The highest BCUT2D eigenvalue weighted by atomic mass is 16.5. The molecule has 0 radical (unpaired) electrons. The number of amides is 4. The number of carbonyl (C=O) groups excluding carboxylic acids is 3. The minimum absolute atomic E-state index is 0.0755. The molecular weight excluding hydrogens is 334 g/mol. The molecule has 7 heteroatoms. The van der Waals surface area contributed by atoms with E-state index in [-0.39, 0.29) is 18.8 Å². The second-order valence-electron chi connectivity index (χ2n) is 9.20. The molecule has 1 unspecified atom stereocenters. The maximum atomic E-state index is 13.1. The fraction of sp³-hybridized carbons (Fsp3) is 0.842. The van der Waals surface area contributed by atoms with Crippen LogP contribution in [0.15, 0.2) is 0 Å². The smallest absolute Gasteiger partial charge is 0.335 e. The van der Waals surface area contributed by atoms with Gasteiger partial charge >= 0.3 is 17.8 Å².